The number of hydrogen-bond acceptors (Lipinski definition) is 6. The summed E-state index contributed by atoms with van der Waals surface area (Å²) in [5, 5.41) is 21.5. The van der Waals surface area contributed by atoms with Gasteiger partial charge in [-0.1, -0.05) is 24.6 Å². The van der Waals surface area contributed by atoms with E-state index in [0.717, 1.165) is 11.6 Å². The minimum absolute atomic E-state index is 0.0201. The Morgan fingerprint density at radius 1 is 1.23 bits per heavy atom. The number of nitro benzene ring substituents is 1. The first-order valence-corrected chi connectivity index (χ1v) is 10.9. The molecule has 1 aliphatic rings. The number of ether oxygens (including phenoxy) is 1. The molecule has 2 aromatic rings. The van der Waals surface area contributed by atoms with Crippen molar-refractivity contribution in [2.24, 2.45) is 0 Å². The van der Waals surface area contributed by atoms with Crippen LogP contribution in [0.15, 0.2) is 35.2 Å². The number of aryl methyl sites for hydroxylation is 1. The van der Waals surface area contributed by atoms with Crippen molar-refractivity contribution in [1.82, 2.24) is 4.31 Å². The Labute approximate surface area is 174 Å². The van der Waals surface area contributed by atoms with Crippen molar-refractivity contribution in [3.8, 4) is 11.5 Å². The van der Waals surface area contributed by atoms with E-state index in [1.165, 1.54) is 4.31 Å². The van der Waals surface area contributed by atoms with E-state index >= 15 is 0 Å². The minimum Gasteiger partial charge on any atom is -0.478 e. The molecule has 1 saturated heterocycles. The average Bonchev–Trinajstić information content (AvgIpc) is 3.24. The van der Waals surface area contributed by atoms with Gasteiger partial charge in [0.25, 0.3) is 0 Å². The minimum atomic E-state index is -4.19. The summed E-state index contributed by atoms with van der Waals surface area (Å²) in [7, 11) is -4.19. The molecule has 160 valence electrons. The number of aromatic carboxylic acids is 1. The number of sulfonamides is 1. The van der Waals surface area contributed by atoms with Crippen LogP contribution in [-0.4, -0.2) is 41.8 Å². The largest absolute Gasteiger partial charge is 0.478 e. The number of benzene rings is 2. The van der Waals surface area contributed by atoms with Crippen molar-refractivity contribution in [3.05, 3.63) is 57.1 Å². The van der Waals surface area contributed by atoms with Gasteiger partial charge in [-0.2, -0.15) is 4.31 Å². The zero-order valence-electron chi connectivity index (χ0n) is 16.6. The molecule has 0 spiro atoms. The molecule has 0 bridgehead atoms. The first-order valence-electron chi connectivity index (χ1n) is 9.49. The smallest absolute Gasteiger partial charge is 0.336 e. The fourth-order valence-electron chi connectivity index (χ4n) is 3.49. The van der Waals surface area contributed by atoms with Crippen LogP contribution in [0.1, 0.15) is 41.3 Å². The molecule has 1 aliphatic heterocycles. The summed E-state index contributed by atoms with van der Waals surface area (Å²) in [5.74, 6) is -1.68. The molecule has 0 aliphatic carbocycles. The summed E-state index contributed by atoms with van der Waals surface area (Å²) in [6.07, 6.45) is 1.34. The topological polar surface area (TPSA) is 127 Å². The molecule has 1 heterocycles. The molecule has 1 fully saturated rings. The second kappa shape index (κ2) is 8.41. The summed E-state index contributed by atoms with van der Waals surface area (Å²) in [4.78, 5) is 22.4. The summed E-state index contributed by atoms with van der Waals surface area (Å²) in [5.41, 5.74) is -0.221. The zero-order valence-corrected chi connectivity index (χ0v) is 17.4. The predicted octanol–water partition coefficient (Wildman–Crippen LogP) is 3.74. The van der Waals surface area contributed by atoms with Crippen LogP contribution in [0.2, 0.25) is 0 Å². The first kappa shape index (κ1) is 21.7. The third kappa shape index (κ3) is 4.01. The van der Waals surface area contributed by atoms with Crippen molar-refractivity contribution in [1.29, 1.82) is 0 Å². The molecular weight excluding hydrogens is 412 g/mol. The lowest BCUT2D eigenvalue weighted by Gasteiger charge is -2.20. The van der Waals surface area contributed by atoms with Crippen LogP contribution in [-0.2, 0) is 16.4 Å². The molecule has 0 saturated carbocycles. The number of carboxylic acids is 1. The van der Waals surface area contributed by atoms with Crippen molar-refractivity contribution < 1.29 is 28.0 Å². The van der Waals surface area contributed by atoms with Gasteiger partial charge in [0.2, 0.25) is 15.8 Å². The molecule has 0 unspecified atom stereocenters. The highest BCUT2D eigenvalue weighted by atomic mass is 32.2. The van der Waals surface area contributed by atoms with E-state index in [1.807, 2.05) is 6.92 Å². The number of nitrogens with zero attached hydrogens (tertiary/aromatic N) is 2. The van der Waals surface area contributed by atoms with Gasteiger partial charge in [0.15, 0.2) is 0 Å². The SMILES string of the molecule is CCc1c(C(=O)O)cc(S(=O)(=O)N2CCCC2)c(Oc2ccc(C)cc2)c1[N+](=O)[O-]. The van der Waals surface area contributed by atoms with Gasteiger partial charge in [-0.05, 0) is 44.4 Å². The normalized spacial score (nSPS) is 14.6. The van der Waals surface area contributed by atoms with Crippen LogP contribution in [0.3, 0.4) is 0 Å². The predicted molar refractivity (Wildman–Crippen MR) is 109 cm³/mol. The lowest BCUT2D eigenvalue weighted by molar-refractivity contribution is -0.386. The highest BCUT2D eigenvalue weighted by molar-refractivity contribution is 7.89. The maximum atomic E-state index is 13.3. The van der Waals surface area contributed by atoms with E-state index < -0.39 is 42.8 Å². The molecule has 30 heavy (non-hydrogen) atoms. The average molecular weight is 434 g/mol. The highest BCUT2D eigenvalue weighted by Crippen LogP contribution is 2.43. The van der Waals surface area contributed by atoms with Gasteiger partial charge in [0, 0.05) is 18.7 Å². The number of carbonyl (C=O) groups is 1. The Bertz CT molecular complexity index is 1090. The van der Waals surface area contributed by atoms with Gasteiger partial charge >= 0.3 is 11.7 Å². The Morgan fingerprint density at radius 2 is 1.83 bits per heavy atom. The summed E-state index contributed by atoms with van der Waals surface area (Å²) < 4.78 is 33.5. The van der Waals surface area contributed by atoms with Crippen LogP contribution in [0.25, 0.3) is 0 Å². The molecule has 1 N–H and O–H groups in total. The van der Waals surface area contributed by atoms with E-state index in [0.29, 0.717) is 12.8 Å². The Balaban J connectivity index is 2.33. The maximum Gasteiger partial charge on any atom is 0.336 e. The molecule has 2 aromatic carbocycles. The Kier molecular flexibility index (Phi) is 6.09. The van der Waals surface area contributed by atoms with Crippen LogP contribution in [0.4, 0.5) is 5.69 Å². The highest BCUT2D eigenvalue weighted by Gasteiger charge is 2.38. The lowest BCUT2D eigenvalue weighted by atomic mass is 10.0. The lowest BCUT2D eigenvalue weighted by Crippen LogP contribution is -2.29. The Morgan fingerprint density at radius 3 is 2.33 bits per heavy atom. The molecule has 0 amide bonds. The fourth-order valence-corrected chi connectivity index (χ4v) is 5.15. The van der Waals surface area contributed by atoms with Gasteiger partial charge < -0.3 is 9.84 Å². The third-order valence-corrected chi connectivity index (χ3v) is 6.92. The number of carboxylic acid groups (broad SMARTS) is 1. The number of hydrogen-bond donors (Lipinski definition) is 1. The summed E-state index contributed by atoms with van der Waals surface area (Å²) >= 11 is 0. The van der Waals surface area contributed by atoms with Gasteiger partial charge in [0.1, 0.15) is 10.6 Å². The molecular formula is C20H22N2O7S. The van der Waals surface area contributed by atoms with Crippen molar-refractivity contribution >= 4 is 21.7 Å². The first-order chi connectivity index (χ1) is 14.2. The van der Waals surface area contributed by atoms with Gasteiger partial charge in [0.05, 0.1) is 10.5 Å². The van der Waals surface area contributed by atoms with Gasteiger partial charge in [-0.25, -0.2) is 13.2 Å². The maximum absolute atomic E-state index is 13.3. The van der Waals surface area contributed by atoms with Crippen LogP contribution in [0.5, 0.6) is 11.5 Å². The quantitative estimate of drug-likeness (QED) is 0.519. The number of rotatable bonds is 7. The summed E-state index contributed by atoms with van der Waals surface area (Å²) in [6.45, 7) is 3.95. The molecule has 3 rings (SSSR count). The van der Waals surface area contributed by atoms with Crippen LogP contribution < -0.4 is 4.74 Å². The summed E-state index contributed by atoms with van der Waals surface area (Å²) in [6, 6.07) is 7.57. The molecule has 0 radical (unpaired) electrons. The van der Waals surface area contributed by atoms with Crippen molar-refractivity contribution in [2.45, 2.75) is 38.0 Å². The molecule has 0 atom stereocenters. The number of nitro groups is 1. The molecule has 9 nitrogen and oxygen atoms in total. The van der Waals surface area contributed by atoms with Crippen molar-refractivity contribution in [3.63, 3.8) is 0 Å². The van der Waals surface area contributed by atoms with Crippen LogP contribution in [0, 0.1) is 17.0 Å². The fraction of sp³-hybridized carbons (Fsp3) is 0.350. The second-order valence-corrected chi connectivity index (χ2v) is 8.93. The van der Waals surface area contributed by atoms with Gasteiger partial charge in [-0.15, -0.1) is 0 Å². The molecule has 0 aromatic heterocycles. The van der Waals surface area contributed by atoms with Crippen LogP contribution >= 0.6 is 0 Å². The van der Waals surface area contributed by atoms with E-state index in [-0.39, 0.29) is 30.8 Å². The monoisotopic (exact) mass is 434 g/mol. The third-order valence-electron chi connectivity index (χ3n) is 5.02. The molecule has 10 heteroatoms. The zero-order chi connectivity index (χ0) is 22.1. The van der Waals surface area contributed by atoms with E-state index in [1.54, 1.807) is 31.2 Å². The standard InChI is InChI=1S/C20H22N2O7S/c1-3-15-16(20(23)24)12-17(30(27,28)21-10-4-5-11-21)19(18(15)22(25)26)29-14-8-6-13(2)7-9-14/h6-9,12H,3-5,10-11H2,1-2H3,(H,23,24). The second-order valence-electron chi connectivity index (χ2n) is 7.02. The Hall–Kier alpha value is -2.98. The van der Waals surface area contributed by atoms with Gasteiger partial charge in [-0.3, -0.25) is 10.1 Å². The van der Waals surface area contributed by atoms with Crippen molar-refractivity contribution in [2.75, 3.05) is 13.1 Å². The van der Waals surface area contributed by atoms with E-state index in [2.05, 4.69) is 0 Å². The van der Waals surface area contributed by atoms with E-state index in [9.17, 15) is 28.4 Å². The van der Waals surface area contributed by atoms with E-state index in [4.69, 9.17) is 4.74 Å².